The fraction of sp³-hybridized carbons (Fsp3) is 0.545. The molecule has 0 saturated heterocycles. The number of carbonyl (C=O) groups excluding carboxylic acids is 1. The molecule has 0 radical (unpaired) electrons. The lowest BCUT2D eigenvalue weighted by Crippen LogP contribution is -2.29. The van der Waals surface area contributed by atoms with E-state index in [1.165, 1.54) is 7.11 Å². The molecular weight excluding hydrogens is 196 g/mol. The Hall–Kier alpha value is -1.47. The minimum Gasteiger partial charge on any atom is -0.438 e. The van der Waals surface area contributed by atoms with Crippen molar-refractivity contribution in [1.82, 2.24) is 0 Å². The first-order chi connectivity index (χ1) is 7.08. The van der Waals surface area contributed by atoms with Crippen molar-refractivity contribution >= 4 is 6.16 Å². The summed E-state index contributed by atoms with van der Waals surface area (Å²) in [6.07, 6.45) is 4.34. The number of hydrogen-bond acceptors (Lipinski definition) is 4. The highest BCUT2D eigenvalue weighted by molar-refractivity contribution is 5.60. The molecule has 1 aliphatic carbocycles. The van der Waals surface area contributed by atoms with Crippen molar-refractivity contribution in [3.63, 3.8) is 0 Å². The summed E-state index contributed by atoms with van der Waals surface area (Å²) in [4.78, 5) is 10.9. The third-order valence-corrected chi connectivity index (χ3v) is 2.50. The first-order valence-electron chi connectivity index (χ1n) is 4.67. The highest BCUT2D eigenvalue weighted by atomic mass is 16.7. The highest BCUT2D eigenvalue weighted by Crippen LogP contribution is 2.26. The van der Waals surface area contributed by atoms with Crippen LogP contribution in [0, 0.1) is 12.3 Å². The van der Waals surface area contributed by atoms with E-state index >= 15 is 0 Å². The number of rotatable bonds is 1. The maximum atomic E-state index is 10.9. The van der Waals surface area contributed by atoms with Crippen LogP contribution in [0.2, 0.25) is 0 Å². The zero-order valence-electron chi connectivity index (χ0n) is 8.82. The van der Waals surface area contributed by atoms with E-state index in [-0.39, 0.29) is 0 Å². The van der Waals surface area contributed by atoms with E-state index < -0.39 is 18.4 Å². The minimum atomic E-state index is -0.747. The van der Waals surface area contributed by atoms with Crippen LogP contribution in [0.15, 0.2) is 11.1 Å². The summed E-state index contributed by atoms with van der Waals surface area (Å²) < 4.78 is 9.31. The Morgan fingerprint density at radius 3 is 2.87 bits per heavy atom. The lowest BCUT2D eigenvalue weighted by Gasteiger charge is -2.26. The Bertz CT molecular complexity index is 324. The van der Waals surface area contributed by atoms with Crippen LogP contribution in [0.3, 0.4) is 0 Å². The number of aliphatic hydroxyl groups is 1. The molecule has 0 aromatic heterocycles. The molecular formula is C11H14O4. The summed E-state index contributed by atoms with van der Waals surface area (Å²) in [5.41, 5.74) is 1.48. The molecule has 1 rings (SSSR count). The van der Waals surface area contributed by atoms with Gasteiger partial charge in [-0.2, -0.15) is 0 Å². The van der Waals surface area contributed by atoms with Gasteiger partial charge in [0.15, 0.2) is 0 Å². The van der Waals surface area contributed by atoms with Crippen LogP contribution < -0.4 is 0 Å². The molecule has 0 heterocycles. The second kappa shape index (κ2) is 4.85. The molecule has 0 aromatic rings. The molecule has 0 aromatic carbocycles. The maximum absolute atomic E-state index is 10.9. The van der Waals surface area contributed by atoms with Gasteiger partial charge in [0, 0.05) is 18.4 Å². The van der Waals surface area contributed by atoms with Gasteiger partial charge in [0.05, 0.1) is 13.2 Å². The number of aliphatic hydroxyl groups excluding tert-OH is 1. The molecule has 0 bridgehead atoms. The van der Waals surface area contributed by atoms with E-state index in [4.69, 9.17) is 11.2 Å². The van der Waals surface area contributed by atoms with Gasteiger partial charge in [0.25, 0.3) is 0 Å². The Kier molecular flexibility index (Phi) is 3.75. The van der Waals surface area contributed by atoms with Crippen LogP contribution in [0.1, 0.15) is 19.8 Å². The first-order valence-corrected chi connectivity index (χ1v) is 4.67. The van der Waals surface area contributed by atoms with Gasteiger partial charge in [0.1, 0.15) is 6.10 Å². The summed E-state index contributed by atoms with van der Waals surface area (Å²) in [6.45, 7) is 1.79. The number of terminal acetylenes is 1. The summed E-state index contributed by atoms with van der Waals surface area (Å²) in [6, 6.07) is 0. The molecule has 15 heavy (non-hydrogen) atoms. The lowest BCUT2D eigenvalue weighted by atomic mass is 9.89. The molecule has 1 N–H and O–H groups in total. The van der Waals surface area contributed by atoms with Crippen LogP contribution in [0.5, 0.6) is 0 Å². The van der Waals surface area contributed by atoms with Gasteiger partial charge in [-0.1, -0.05) is 5.92 Å². The van der Waals surface area contributed by atoms with E-state index in [9.17, 15) is 9.90 Å². The average Bonchev–Trinajstić information content (AvgIpc) is 2.22. The van der Waals surface area contributed by atoms with Crippen molar-refractivity contribution in [2.45, 2.75) is 32.0 Å². The van der Waals surface area contributed by atoms with Crippen LogP contribution in [0.4, 0.5) is 4.79 Å². The van der Waals surface area contributed by atoms with Gasteiger partial charge in [-0.15, -0.1) is 6.42 Å². The van der Waals surface area contributed by atoms with Crippen molar-refractivity contribution in [2.75, 3.05) is 7.11 Å². The maximum Gasteiger partial charge on any atom is 0.508 e. The molecule has 0 aliphatic heterocycles. The van der Waals surface area contributed by atoms with Gasteiger partial charge in [-0.05, 0) is 12.5 Å². The number of hydrogen-bond donors (Lipinski definition) is 1. The van der Waals surface area contributed by atoms with Gasteiger partial charge < -0.3 is 14.6 Å². The third kappa shape index (κ3) is 2.74. The molecule has 4 heteroatoms. The zero-order chi connectivity index (χ0) is 11.4. The van der Waals surface area contributed by atoms with Crippen molar-refractivity contribution in [1.29, 1.82) is 0 Å². The molecule has 0 amide bonds. The molecule has 0 unspecified atom stereocenters. The normalized spacial score (nSPS) is 25.7. The monoisotopic (exact) mass is 210 g/mol. The van der Waals surface area contributed by atoms with E-state index in [1.807, 2.05) is 0 Å². The minimum absolute atomic E-state index is 0.367. The zero-order valence-corrected chi connectivity index (χ0v) is 8.82. The molecule has 4 nitrogen and oxygen atoms in total. The molecule has 0 spiro atoms. The van der Waals surface area contributed by atoms with E-state index in [0.717, 1.165) is 5.57 Å². The fourth-order valence-electron chi connectivity index (χ4n) is 1.55. The highest BCUT2D eigenvalue weighted by Gasteiger charge is 2.27. The summed E-state index contributed by atoms with van der Waals surface area (Å²) in [7, 11) is 1.24. The molecule has 2 atom stereocenters. The Morgan fingerprint density at radius 1 is 1.67 bits per heavy atom. The van der Waals surface area contributed by atoms with Gasteiger partial charge >= 0.3 is 6.16 Å². The molecule has 0 fully saturated rings. The Labute approximate surface area is 88.9 Å². The largest absolute Gasteiger partial charge is 0.508 e. The first kappa shape index (κ1) is 11.6. The predicted molar refractivity (Wildman–Crippen MR) is 54.1 cm³/mol. The molecule has 1 aliphatic rings. The van der Waals surface area contributed by atoms with Gasteiger partial charge in [-0.3, -0.25) is 0 Å². The topological polar surface area (TPSA) is 55.8 Å². The summed E-state index contributed by atoms with van der Waals surface area (Å²) >= 11 is 0. The SMILES string of the molecule is C#CC1=C(C)[C@@H](O)C[C@H](OC(=O)OC)C1. The third-order valence-electron chi connectivity index (χ3n) is 2.50. The lowest BCUT2D eigenvalue weighted by molar-refractivity contribution is 0.0153. The van der Waals surface area contributed by atoms with E-state index in [1.54, 1.807) is 6.92 Å². The molecule has 82 valence electrons. The second-order valence-corrected chi connectivity index (χ2v) is 3.46. The summed E-state index contributed by atoms with van der Waals surface area (Å²) in [5, 5.41) is 9.65. The van der Waals surface area contributed by atoms with Gasteiger partial charge in [-0.25, -0.2) is 4.79 Å². The second-order valence-electron chi connectivity index (χ2n) is 3.46. The average molecular weight is 210 g/mol. The Morgan fingerprint density at radius 2 is 2.33 bits per heavy atom. The predicted octanol–water partition coefficient (Wildman–Crippen LogP) is 1.24. The number of carbonyl (C=O) groups is 1. The number of ether oxygens (including phenoxy) is 2. The van der Waals surface area contributed by atoms with Crippen LogP contribution in [-0.2, 0) is 9.47 Å². The van der Waals surface area contributed by atoms with Crippen molar-refractivity contribution < 1.29 is 19.4 Å². The Balaban J connectivity index is 2.69. The molecule has 0 saturated carbocycles. The van der Waals surface area contributed by atoms with Gasteiger partial charge in [0.2, 0.25) is 0 Å². The van der Waals surface area contributed by atoms with Crippen molar-refractivity contribution in [3.8, 4) is 12.3 Å². The van der Waals surface area contributed by atoms with Crippen molar-refractivity contribution in [2.24, 2.45) is 0 Å². The van der Waals surface area contributed by atoms with Crippen molar-refractivity contribution in [3.05, 3.63) is 11.1 Å². The summed E-state index contributed by atoms with van der Waals surface area (Å²) in [5.74, 6) is 2.49. The number of methoxy groups -OCH3 is 1. The smallest absolute Gasteiger partial charge is 0.438 e. The van der Waals surface area contributed by atoms with Crippen LogP contribution in [0.25, 0.3) is 0 Å². The van der Waals surface area contributed by atoms with E-state index in [0.29, 0.717) is 18.4 Å². The van der Waals surface area contributed by atoms with Crippen LogP contribution >= 0.6 is 0 Å². The van der Waals surface area contributed by atoms with Crippen LogP contribution in [-0.4, -0.2) is 30.6 Å². The quantitative estimate of drug-likeness (QED) is 0.522. The van der Waals surface area contributed by atoms with E-state index in [2.05, 4.69) is 10.7 Å². The standard InChI is InChI=1S/C11H14O4/c1-4-8-5-9(15-11(13)14-3)6-10(12)7(8)2/h1,9-10,12H,5-6H2,2-3H3/t9-,10+/m1/s1. The fourth-order valence-corrected chi connectivity index (χ4v) is 1.55.